The van der Waals surface area contributed by atoms with Gasteiger partial charge in [-0.05, 0) is 49.2 Å². The minimum absolute atomic E-state index is 0.178. The molecule has 4 aromatic rings. The van der Waals surface area contributed by atoms with Crippen LogP contribution in [0.3, 0.4) is 0 Å². The molecular weight excluding hydrogens is 580 g/mol. The van der Waals surface area contributed by atoms with Crippen LogP contribution >= 0.6 is 0 Å². The average molecular weight is 625 g/mol. The van der Waals surface area contributed by atoms with Crippen LogP contribution in [-0.2, 0) is 22.6 Å². The van der Waals surface area contributed by atoms with Crippen LogP contribution in [0.15, 0.2) is 109 Å². The van der Waals surface area contributed by atoms with Crippen LogP contribution in [0.4, 0.5) is 0 Å². The van der Waals surface area contributed by atoms with E-state index >= 15 is 0 Å². The normalized spacial score (nSPS) is 10.7. The summed E-state index contributed by atoms with van der Waals surface area (Å²) < 4.78 is 22.8. The third-order valence-corrected chi connectivity index (χ3v) is 7.26. The Kier molecular flexibility index (Phi) is 14.1. The van der Waals surface area contributed by atoms with Crippen LogP contribution in [0.1, 0.15) is 45.7 Å². The predicted octanol–water partition coefficient (Wildman–Crippen LogP) is 6.50. The summed E-state index contributed by atoms with van der Waals surface area (Å²) in [6.07, 6.45) is 0. The monoisotopic (exact) mass is 624 g/mol. The summed E-state index contributed by atoms with van der Waals surface area (Å²) in [6, 6.07) is 34.2. The fourth-order valence-corrected chi connectivity index (χ4v) is 4.94. The Morgan fingerprint density at radius 2 is 0.870 bits per heavy atom. The number of nitrogens with zero attached hydrogens (tertiary/aromatic N) is 2. The van der Waals surface area contributed by atoms with E-state index in [1.54, 1.807) is 34.1 Å². The van der Waals surface area contributed by atoms with E-state index < -0.39 is 0 Å². The van der Waals surface area contributed by atoms with Crippen LogP contribution in [0.5, 0.6) is 11.5 Å². The highest BCUT2D eigenvalue weighted by Crippen LogP contribution is 2.23. The molecule has 0 spiro atoms. The van der Waals surface area contributed by atoms with Gasteiger partial charge >= 0.3 is 0 Å². The number of amides is 2. The molecule has 0 atom stereocenters. The second-order valence-corrected chi connectivity index (χ2v) is 10.5. The van der Waals surface area contributed by atoms with Gasteiger partial charge in [0.1, 0.15) is 24.7 Å². The highest BCUT2D eigenvalue weighted by molar-refractivity contribution is 5.98. The van der Waals surface area contributed by atoms with Crippen molar-refractivity contribution in [1.29, 1.82) is 0 Å². The topological polar surface area (TPSA) is 77.5 Å². The molecule has 0 aromatic heterocycles. The maximum absolute atomic E-state index is 14.2. The SMILES string of the molecule is CCOCCOc1ccccc1C(=O)N(CCN(Cc1ccccc1)C(=O)c1ccccc1OCCOCC)Cc1ccccc1. The van der Waals surface area contributed by atoms with Gasteiger partial charge in [0.2, 0.25) is 0 Å². The first-order chi connectivity index (χ1) is 22.6. The summed E-state index contributed by atoms with van der Waals surface area (Å²) in [6.45, 7) is 7.92. The highest BCUT2D eigenvalue weighted by atomic mass is 16.5. The smallest absolute Gasteiger partial charge is 0.257 e. The first kappa shape index (κ1) is 34.2. The van der Waals surface area contributed by atoms with Gasteiger partial charge in [0, 0.05) is 39.4 Å². The number of ether oxygens (including phenoxy) is 4. The molecule has 0 N–H and O–H groups in total. The summed E-state index contributed by atoms with van der Waals surface area (Å²) in [5, 5.41) is 0. The number of hydrogen-bond acceptors (Lipinski definition) is 6. The second kappa shape index (κ2) is 19.0. The van der Waals surface area contributed by atoms with Gasteiger partial charge in [0.05, 0.1) is 24.3 Å². The molecule has 0 saturated heterocycles. The lowest BCUT2D eigenvalue weighted by Gasteiger charge is -2.29. The molecule has 2 amide bonds. The van der Waals surface area contributed by atoms with Crippen molar-refractivity contribution in [3.05, 3.63) is 131 Å². The molecule has 0 aliphatic heterocycles. The van der Waals surface area contributed by atoms with E-state index in [4.69, 9.17) is 18.9 Å². The van der Waals surface area contributed by atoms with E-state index in [0.717, 1.165) is 11.1 Å². The van der Waals surface area contributed by atoms with E-state index in [0.29, 0.717) is 88.4 Å². The van der Waals surface area contributed by atoms with Crippen LogP contribution in [-0.4, -0.2) is 74.3 Å². The zero-order valence-electron chi connectivity index (χ0n) is 26.8. The fourth-order valence-electron chi connectivity index (χ4n) is 4.94. The van der Waals surface area contributed by atoms with Crippen molar-refractivity contribution in [3.8, 4) is 11.5 Å². The predicted molar refractivity (Wildman–Crippen MR) is 179 cm³/mol. The minimum atomic E-state index is -0.178. The van der Waals surface area contributed by atoms with Gasteiger partial charge in [-0.1, -0.05) is 84.9 Å². The number of benzene rings is 4. The number of rotatable bonds is 19. The highest BCUT2D eigenvalue weighted by Gasteiger charge is 2.24. The van der Waals surface area contributed by atoms with Gasteiger partial charge in [0.25, 0.3) is 11.8 Å². The number of hydrogen-bond donors (Lipinski definition) is 0. The molecule has 0 aliphatic rings. The van der Waals surface area contributed by atoms with E-state index in [9.17, 15) is 9.59 Å². The lowest BCUT2D eigenvalue weighted by atomic mass is 10.1. The Hall–Kier alpha value is -4.66. The van der Waals surface area contributed by atoms with Crippen molar-refractivity contribution in [3.63, 3.8) is 0 Å². The molecule has 46 heavy (non-hydrogen) atoms. The largest absolute Gasteiger partial charge is 0.490 e. The van der Waals surface area contributed by atoms with E-state index in [1.165, 1.54) is 0 Å². The van der Waals surface area contributed by atoms with Crippen LogP contribution in [0, 0.1) is 0 Å². The van der Waals surface area contributed by atoms with Gasteiger partial charge in [-0.25, -0.2) is 0 Å². The summed E-state index contributed by atoms with van der Waals surface area (Å²) in [5.41, 5.74) is 2.90. The Morgan fingerprint density at radius 1 is 0.500 bits per heavy atom. The van der Waals surface area contributed by atoms with Crippen molar-refractivity contribution in [1.82, 2.24) is 9.80 Å². The first-order valence-corrected chi connectivity index (χ1v) is 15.9. The molecule has 8 heteroatoms. The number of carbonyl (C=O) groups is 2. The molecule has 8 nitrogen and oxygen atoms in total. The molecule has 0 heterocycles. The van der Waals surface area contributed by atoms with Crippen molar-refractivity contribution in [2.75, 3.05) is 52.7 Å². The standard InChI is InChI=1S/C38H44N2O6/c1-3-43-25-27-45-35-21-13-11-19-33(35)37(41)39(29-31-15-7-5-8-16-31)23-24-40(30-32-17-9-6-10-18-32)38(42)34-20-12-14-22-36(34)46-28-26-44-4-2/h5-22H,3-4,23-30H2,1-2H3. The quantitative estimate of drug-likeness (QED) is 0.111. The molecule has 0 unspecified atom stereocenters. The molecule has 0 bridgehead atoms. The lowest BCUT2D eigenvalue weighted by molar-refractivity contribution is 0.0635. The first-order valence-electron chi connectivity index (χ1n) is 15.9. The van der Waals surface area contributed by atoms with E-state index in [-0.39, 0.29) is 11.8 Å². The van der Waals surface area contributed by atoms with Gasteiger partial charge in [-0.15, -0.1) is 0 Å². The summed E-state index contributed by atoms with van der Waals surface area (Å²) in [4.78, 5) is 31.9. The molecule has 0 saturated carbocycles. The van der Waals surface area contributed by atoms with Gasteiger partial charge in [0.15, 0.2) is 0 Å². The molecule has 0 fully saturated rings. The Morgan fingerprint density at radius 3 is 1.26 bits per heavy atom. The second-order valence-electron chi connectivity index (χ2n) is 10.5. The van der Waals surface area contributed by atoms with Crippen LogP contribution < -0.4 is 9.47 Å². The molecule has 4 rings (SSSR count). The van der Waals surface area contributed by atoms with E-state index in [1.807, 2.05) is 98.8 Å². The minimum Gasteiger partial charge on any atom is -0.490 e. The summed E-state index contributed by atoms with van der Waals surface area (Å²) in [5.74, 6) is 0.645. The maximum atomic E-state index is 14.2. The zero-order valence-corrected chi connectivity index (χ0v) is 26.8. The van der Waals surface area contributed by atoms with Crippen molar-refractivity contribution >= 4 is 11.8 Å². The van der Waals surface area contributed by atoms with Crippen LogP contribution in [0.2, 0.25) is 0 Å². The van der Waals surface area contributed by atoms with Gasteiger partial charge in [-0.3, -0.25) is 9.59 Å². The molecule has 0 aliphatic carbocycles. The van der Waals surface area contributed by atoms with Crippen LogP contribution in [0.25, 0.3) is 0 Å². The van der Waals surface area contributed by atoms with Crippen molar-refractivity contribution < 1.29 is 28.5 Å². The number of para-hydroxylation sites is 2. The van der Waals surface area contributed by atoms with Crippen molar-refractivity contribution in [2.24, 2.45) is 0 Å². The fraction of sp³-hybridized carbons (Fsp3) is 0.316. The Labute approximate surface area is 272 Å². The number of carbonyl (C=O) groups excluding carboxylic acids is 2. The average Bonchev–Trinajstić information content (AvgIpc) is 3.10. The molecule has 242 valence electrons. The van der Waals surface area contributed by atoms with Gasteiger partial charge in [-0.2, -0.15) is 0 Å². The molecular formula is C38H44N2O6. The Bertz CT molecular complexity index is 1370. The maximum Gasteiger partial charge on any atom is 0.257 e. The summed E-state index contributed by atoms with van der Waals surface area (Å²) >= 11 is 0. The Balaban J connectivity index is 1.60. The molecule has 0 radical (unpaired) electrons. The zero-order chi connectivity index (χ0) is 32.4. The van der Waals surface area contributed by atoms with Gasteiger partial charge < -0.3 is 28.7 Å². The lowest BCUT2D eigenvalue weighted by Crippen LogP contribution is -2.41. The summed E-state index contributed by atoms with van der Waals surface area (Å²) in [7, 11) is 0. The third-order valence-electron chi connectivity index (χ3n) is 7.26. The molecule has 4 aromatic carbocycles. The van der Waals surface area contributed by atoms with Crippen molar-refractivity contribution in [2.45, 2.75) is 26.9 Å². The third kappa shape index (κ3) is 10.5. The van der Waals surface area contributed by atoms with E-state index in [2.05, 4.69) is 0 Å².